The Labute approximate surface area is 156 Å². The molecule has 0 atom stereocenters. The highest BCUT2D eigenvalue weighted by molar-refractivity contribution is 5.96. The maximum absolute atomic E-state index is 12.9. The van der Waals surface area contributed by atoms with Crippen molar-refractivity contribution in [1.29, 1.82) is 0 Å². The molecular weight excluding hydrogens is 340 g/mol. The third kappa shape index (κ3) is 3.04. The number of nitrogens with zero attached hydrogens (tertiary/aromatic N) is 1. The highest BCUT2D eigenvalue weighted by Gasteiger charge is 2.33. The number of phenols is 1. The summed E-state index contributed by atoms with van der Waals surface area (Å²) >= 11 is 0. The number of methoxy groups -OCH3 is 1. The second-order valence-electron chi connectivity index (χ2n) is 6.27. The summed E-state index contributed by atoms with van der Waals surface area (Å²) < 4.78 is 5.21. The molecule has 2 N–H and O–H groups in total. The minimum atomic E-state index is -0.392. The first-order valence-electron chi connectivity index (χ1n) is 8.57. The molecule has 0 saturated heterocycles. The van der Waals surface area contributed by atoms with Gasteiger partial charge in [-0.1, -0.05) is 48.5 Å². The fourth-order valence-electron chi connectivity index (χ4n) is 3.47. The third-order valence-electron chi connectivity index (χ3n) is 4.69. The van der Waals surface area contributed by atoms with Crippen LogP contribution in [-0.4, -0.2) is 24.3 Å². The van der Waals surface area contributed by atoms with Crippen molar-refractivity contribution in [3.8, 4) is 22.6 Å². The predicted octanol–water partition coefficient (Wildman–Crippen LogP) is 3.66. The van der Waals surface area contributed by atoms with E-state index in [1.54, 1.807) is 6.07 Å². The van der Waals surface area contributed by atoms with Gasteiger partial charge in [-0.3, -0.25) is 4.79 Å². The molecule has 27 heavy (non-hydrogen) atoms. The zero-order chi connectivity index (χ0) is 18.8. The lowest BCUT2D eigenvalue weighted by molar-refractivity contribution is -0.121. The molecule has 0 unspecified atom stereocenters. The van der Waals surface area contributed by atoms with Crippen molar-refractivity contribution in [2.24, 2.45) is 5.10 Å². The number of aromatic hydroxyl groups is 1. The van der Waals surface area contributed by atoms with E-state index in [-0.39, 0.29) is 11.7 Å². The quantitative estimate of drug-likeness (QED) is 0.552. The lowest BCUT2D eigenvalue weighted by atomic mass is 9.96. The molecule has 0 heterocycles. The van der Waals surface area contributed by atoms with Gasteiger partial charge in [-0.15, -0.1) is 0 Å². The number of fused-ring (bicyclic) bond motifs is 3. The van der Waals surface area contributed by atoms with Crippen LogP contribution in [0.1, 0.15) is 22.6 Å². The molecule has 1 aliphatic rings. The van der Waals surface area contributed by atoms with Crippen molar-refractivity contribution in [2.75, 3.05) is 7.11 Å². The molecule has 0 fully saturated rings. The van der Waals surface area contributed by atoms with Crippen LogP contribution < -0.4 is 10.2 Å². The number of nitrogens with one attached hydrogen (secondary N) is 1. The molecular formula is C22H18N2O3. The highest BCUT2D eigenvalue weighted by atomic mass is 16.5. The monoisotopic (exact) mass is 358 g/mol. The van der Waals surface area contributed by atoms with E-state index in [1.165, 1.54) is 25.5 Å². The van der Waals surface area contributed by atoms with E-state index in [0.29, 0.717) is 11.3 Å². The number of ether oxygens (including phenoxy) is 1. The van der Waals surface area contributed by atoms with Crippen LogP contribution in [0.25, 0.3) is 11.1 Å². The maximum atomic E-state index is 12.9. The zero-order valence-corrected chi connectivity index (χ0v) is 14.7. The van der Waals surface area contributed by atoms with Crippen molar-refractivity contribution in [3.05, 3.63) is 83.4 Å². The molecule has 0 saturated carbocycles. The van der Waals surface area contributed by atoms with E-state index in [2.05, 4.69) is 10.5 Å². The van der Waals surface area contributed by atoms with Gasteiger partial charge in [-0.2, -0.15) is 5.10 Å². The van der Waals surface area contributed by atoms with E-state index in [1.807, 2.05) is 48.5 Å². The smallest absolute Gasteiger partial charge is 0.252 e. The van der Waals surface area contributed by atoms with Crippen LogP contribution in [0.3, 0.4) is 0 Å². The molecule has 0 aromatic heterocycles. The van der Waals surface area contributed by atoms with Crippen LogP contribution >= 0.6 is 0 Å². The largest absolute Gasteiger partial charge is 0.508 e. The van der Waals surface area contributed by atoms with Crippen molar-refractivity contribution in [3.63, 3.8) is 0 Å². The van der Waals surface area contributed by atoms with Gasteiger partial charge in [0.2, 0.25) is 0 Å². The molecule has 1 aliphatic carbocycles. The number of hydrazone groups is 1. The Morgan fingerprint density at radius 1 is 1.04 bits per heavy atom. The number of benzene rings is 3. The predicted molar refractivity (Wildman–Crippen MR) is 104 cm³/mol. The van der Waals surface area contributed by atoms with Gasteiger partial charge in [0, 0.05) is 11.6 Å². The Bertz CT molecular complexity index is 998. The molecule has 0 spiro atoms. The van der Waals surface area contributed by atoms with Gasteiger partial charge in [0.25, 0.3) is 5.91 Å². The van der Waals surface area contributed by atoms with E-state index in [9.17, 15) is 9.90 Å². The fourth-order valence-corrected chi connectivity index (χ4v) is 3.47. The number of carbonyl (C=O) groups is 1. The van der Waals surface area contributed by atoms with E-state index >= 15 is 0 Å². The molecule has 5 nitrogen and oxygen atoms in total. The molecule has 0 aliphatic heterocycles. The average Bonchev–Trinajstić information content (AvgIpc) is 3.03. The summed E-state index contributed by atoms with van der Waals surface area (Å²) in [4.78, 5) is 12.9. The molecule has 3 aromatic rings. The van der Waals surface area contributed by atoms with Crippen molar-refractivity contribution in [1.82, 2.24) is 5.43 Å². The van der Waals surface area contributed by atoms with Crippen LogP contribution in [0.4, 0.5) is 0 Å². The molecule has 4 rings (SSSR count). The number of rotatable bonds is 4. The molecule has 5 heteroatoms. The topological polar surface area (TPSA) is 70.9 Å². The third-order valence-corrected chi connectivity index (χ3v) is 4.69. The van der Waals surface area contributed by atoms with Crippen molar-refractivity contribution >= 4 is 12.1 Å². The van der Waals surface area contributed by atoms with Gasteiger partial charge in [0.1, 0.15) is 11.5 Å². The number of amides is 1. The summed E-state index contributed by atoms with van der Waals surface area (Å²) in [5.74, 6) is -0.00517. The van der Waals surface area contributed by atoms with Crippen molar-refractivity contribution < 1.29 is 14.6 Å². The van der Waals surface area contributed by atoms with Gasteiger partial charge >= 0.3 is 0 Å². The number of hydrogen-bond acceptors (Lipinski definition) is 4. The highest BCUT2D eigenvalue weighted by Crippen LogP contribution is 2.44. The minimum absolute atomic E-state index is 0.104. The number of phenolic OH excluding ortho intramolecular Hbond substituents is 1. The first-order chi connectivity index (χ1) is 13.2. The van der Waals surface area contributed by atoms with Crippen LogP contribution in [0.15, 0.2) is 71.8 Å². The second kappa shape index (κ2) is 6.96. The Morgan fingerprint density at radius 2 is 1.67 bits per heavy atom. The van der Waals surface area contributed by atoms with Gasteiger partial charge < -0.3 is 9.84 Å². The molecule has 0 bridgehead atoms. The van der Waals surface area contributed by atoms with Crippen molar-refractivity contribution in [2.45, 2.75) is 5.92 Å². The fraction of sp³-hybridized carbons (Fsp3) is 0.0909. The summed E-state index contributed by atoms with van der Waals surface area (Å²) in [6, 6.07) is 20.6. The first-order valence-corrected chi connectivity index (χ1v) is 8.57. The lowest BCUT2D eigenvalue weighted by Gasteiger charge is -2.11. The van der Waals surface area contributed by atoms with Crippen LogP contribution in [0.2, 0.25) is 0 Å². The average molecular weight is 358 g/mol. The maximum Gasteiger partial charge on any atom is 0.252 e. The Balaban J connectivity index is 1.59. The number of hydrogen-bond donors (Lipinski definition) is 2. The zero-order valence-electron chi connectivity index (χ0n) is 14.7. The summed E-state index contributed by atoms with van der Waals surface area (Å²) in [6.07, 6.45) is 1.50. The second-order valence-corrected chi connectivity index (χ2v) is 6.27. The Kier molecular flexibility index (Phi) is 4.34. The Hall–Kier alpha value is -3.60. The molecule has 1 amide bonds. The van der Waals surface area contributed by atoms with Crippen LogP contribution in [0, 0.1) is 0 Å². The SMILES string of the molecule is COc1cc(O)ccc1/C=N\NC(=O)C1c2ccccc2-c2ccccc21. The Morgan fingerprint density at radius 3 is 2.30 bits per heavy atom. The summed E-state index contributed by atoms with van der Waals surface area (Å²) in [7, 11) is 1.51. The molecule has 0 radical (unpaired) electrons. The van der Waals surface area contributed by atoms with E-state index in [0.717, 1.165) is 22.3 Å². The molecule has 134 valence electrons. The number of carbonyl (C=O) groups excluding carboxylic acids is 1. The summed E-state index contributed by atoms with van der Waals surface area (Å²) in [5, 5.41) is 13.6. The summed E-state index contributed by atoms with van der Waals surface area (Å²) in [5.41, 5.74) is 7.41. The minimum Gasteiger partial charge on any atom is -0.508 e. The van der Waals surface area contributed by atoms with Gasteiger partial charge in [0.15, 0.2) is 0 Å². The van der Waals surface area contributed by atoms with Gasteiger partial charge in [-0.05, 0) is 34.4 Å². The lowest BCUT2D eigenvalue weighted by Crippen LogP contribution is -2.25. The van der Waals surface area contributed by atoms with Gasteiger partial charge in [0.05, 0.1) is 19.2 Å². The van der Waals surface area contributed by atoms with E-state index < -0.39 is 5.92 Å². The molecule has 3 aromatic carbocycles. The van der Waals surface area contributed by atoms with Crippen LogP contribution in [-0.2, 0) is 4.79 Å². The van der Waals surface area contributed by atoms with E-state index in [4.69, 9.17) is 4.74 Å². The van der Waals surface area contributed by atoms with Gasteiger partial charge in [-0.25, -0.2) is 5.43 Å². The van der Waals surface area contributed by atoms with Crippen LogP contribution in [0.5, 0.6) is 11.5 Å². The first kappa shape index (κ1) is 16.8. The normalized spacial score (nSPS) is 12.6. The standard InChI is InChI=1S/C22H18N2O3/c1-27-20-12-15(25)11-10-14(20)13-23-24-22(26)21-18-8-4-2-6-16(18)17-7-3-5-9-19(17)21/h2-13,21,25H,1H3,(H,24,26)/b23-13-. The summed E-state index contributed by atoms with van der Waals surface area (Å²) in [6.45, 7) is 0.